The number of benzene rings is 2. The van der Waals surface area contributed by atoms with Crippen molar-refractivity contribution in [2.75, 3.05) is 18.2 Å². The van der Waals surface area contributed by atoms with E-state index < -0.39 is 4.92 Å². The lowest BCUT2D eigenvalue weighted by Gasteiger charge is -2.10. The summed E-state index contributed by atoms with van der Waals surface area (Å²) in [5.74, 6) is 1.60. The van der Waals surface area contributed by atoms with Crippen molar-refractivity contribution in [3.8, 4) is 11.5 Å². The molecule has 0 fully saturated rings. The van der Waals surface area contributed by atoms with E-state index >= 15 is 0 Å². The molecule has 1 amide bonds. The van der Waals surface area contributed by atoms with Crippen LogP contribution < -0.4 is 14.8 Å². The number of nitrogens with one attached hydrogen (secondary N) is 1. The van der Waals surface area contributed by atoms with Gasteiger partial charge in [-0.15, -0.1) is 16.8 Å². The fourth-order valence-corrected chi connectivity index (χ4v) is 3.68. The zero-order chi connectivity index (χ0) is 23.8. The molecule has 0 aliphatic rings. The van der Waals surface area contributed by atoms with E-state index in [9.17, 15) is 14.9 Å². The number of nitro benzene ring substituents is 1. The van der Waals surface area contributed by atoms with Crippen molar-refractivity contribution in [3.05, 3.63) is 76.1 Å². The lowest BCUT2D eigenvalue weighted by atomic mass is 10.3. The van der Waals surface area contributed by atoms with Gasteiger partial charge >= 0.3 is 0 Å². The monoisotopic (exact) mass is 489 g/mol. The molecule has 0 saturated carbocycles. The zero-order valence-electron chi connectivity index (χ0n) is 17.6. The molecule has 33 heavy (non-hydrogen) atoms. The lowest BCUT2D eigenvalue weighted by Crippen LogP contribution is -2.15. The fourth-order valence-electron chi connectivity index (χ4n) is 2.72. The Morgan fingerprint density at radius 1 is 1.27 bits per heavy atom. The van der Waals surface area contributed by atoms with Crippen molar-refractivity contribution in [2.24, 2.45) is 0 Å². The smallest absolute Gasteiger partial charge is 0.289 e. The van der Waals surface area contributed by atoms with Gasteiger partial charge in [-0.1, -0.05) is 29.4 Å². The number of thioether (sulfide) groups is 1. The molecule has 0 saturated heterocycles. The van der Waals surface area contributed by atoms with Crippen LogP contribution >= 0.6 is 23.4 Å². The summed E-state index contributed by atoms with van der Waals surface area (Å²) in [5, 5.41) is 22.4. The predicted octanol–water partition coefficient (Wildman–Crippen LogP) is 4.34. The van der Waals surface area contributed by atoms with Crippen LogP contribution in [0.5, 0.6) is 11.5 Å². The van der Waals surface area contributed by atoms with Crippen LogP contribution in [0.15, 0.2) is 60.3 Å². The molecular formula is C21H20ClN5O5S. The van der Waals surface area contributed by atoms with Crippen LogP contribution in [0.4, 0.5) is 11.4 Å². The normalized spacial score (nSPS) is 10.5. The molecule has 0 radical (unpaired) electrons. The molecule has 0 spiro atoms. The van der Waals surface area contributed by atoms with Gasteiger partial charge in [0.25, 0.3) is 5.69 Å². The summed E-state index contributed by atoms with van der Waals surface area (Å²) < 4.78 is 12.7. The maximum atomic E-state index is 12.3. The van der Waals surface area contributed by atoms with Gasteiger partial charge in [-0.25, -0.2) is 0 Å². The van der Waals surface area contributed by atoms with Crippen LogP contribution in [0.3, 0.4) is 0 Å². The summed E-state index contributed by atoms with van der Waals surface area (Å²) in [6, 6.07) is 11.2. The highest BCUT2D eigenvalue weighted by Gasteiger charge is 2.16. The number of anilines is 1. The van der Waals surface area contributed by atoms with Gasteiger partial charge in [-0.2, -0.15) is 0 Å². The molecule has 1 N–H and O–H groups in total. The molecule has 3 aromatic rings. The van der Waals surface area contributed by atoms with Crippen molar-refractivity contribution in [1.29, 1.82) is 0 Å². The number of carbonyl (C=O) groups excluding carboxylic acids is 1. The maximum Gasteiger partial charge on any atom is 0.289 e. The molecule has 0 bridgehead atoms. The highest BCUT2D eigenvalue weighted by Crippen LogP contribution is 2.27. The minimum atomic E-state index is -0.611. The average molecular weight is 490 g/mol. The van der Waals surface area contributed by atoms with Crippen LogP contribution in [0, 0.1) is 10.1 Å². The Balaban J connectivity index is 1.61. The van der Waals surface area contributed by atoms with Gasteiger partial charge in [0, 0.05) is 18.3 Å². The highest BCUT2D eigenvalue weighted by atomic mass is 35.5. The van der Waals surface area contributed by atoms with E-state index in [1.807, 2.05) is 0 Å². The Kier molecular flexibility index (Phi) is 8.28. The number of hydrogen-bond donors (Lipinski definition) is 1. The third kappa shape index (κ3) is 6.46. The predicted molar refractivity (Wildman–Crippen MR) is 125 cm³/mol. The number of hydrogen-bond acceptors (Lipinski definition) is 8. The number of nitrogens with zero attached hydrogens (tertiary/aromatic N) is 4. The Morgan fingerprint density at radius 2 is 2.00 bits per heavy atom. The Labute approximate surface area is 198 Å². The van der Waals surface area contributed by atoms with Gasteiger partial charge in [0.05, 0.1) is 17.8 Å². The topological polar surface area (TPSA) is 121 Å². The van der Waals surface area contributed by atoms with E-state index in [-0.39, 0.29) is 34.7 Å². The Bertz CT molecular complexity index is 1150. The summed E-state index contributed by atoms with van der Waals surface area (Å²) in [6.45, 7) is 4.36. The summed E-state index contributed by atoms with van der Waals surface area (Å²) in [7, 11) is 1.59. The second-order valence-electron chi connectivity index (χ2n) is 6.52. The number of allylic oxidation sites excluding steroid dienone is 1. The molecule has 2 aromatic carbocycles. The van der Waals surface area contributed by atoms with E-state index in [4.69, 9.17) is 21.1 Å². The van der Waals surface area contributed by atoms with E-state index in [0.717, 1.165) is 5.75 Å². The first-order valence-electron chi connectivity index (χ1n) is 9.57. The van der Waals surface area contributed by atoms with Gasteiger partial charge in [0.1, 0.15) is 23.1 Å². The molecule has 1 heterocycles. The van der Waals surface area contributed by atoms with E-state index in [1.165, 1.54) is 30.0 Å². The second kappa shape index (κ2) is 11.3. The van der Waals surface area contributed by atoms with Crippen LogP contribution in [0.25, 0.3) is 0 Å². The van der Waals surface area contributed by atoms with Gasteiger partial charge in [-0.3, -0.25) is 19.5 Å². The zero-order valence-corrected chi connectivity index (χ0v) is 19.1. The first kappa shape index (κ1) is 24.1. The largest absolute Gasteiger partial charge is 0.497 e. The fraction of sp³-hybridized carbons (Fsp3) is 0.190. The van der Waals surface area contributed by atoms with E-state index in [1.54, 1.807) is 42.0 Å². The van der Waals surface area contributed by atoms with Crippen molar-refractivity contribution in [3.63, 3.8) is 0 Å². The minimum Gasteiger partial charge on any atom is -0.497 e. The van der Waals surface area contributed by atoms with Crippen LogP contribution in [0.2, 0.25) is 5.02 Å². The molecule has 3 rings (SSSR count). The summed E-state index contributed by atoms with van der Waals surface area (Å²) in [5.41, 5.74) is -0.00723. The van der Waals surface area contributed by atoms with E-state index in [0.29, 0.717) is 23.3 Å². The number of nitro groups is 1. The van der Waals surface area contributed by atoms with Gasteiger partial charge in [0.15, 0.2) is 11.0 Å². The first-order chi connectivity index (χ1) is 15.9. The van der Waals surface area contributed by atoms with E-state index in [2.05, 4.69) is 22.1 Å². The number of methoxy groups -OCH3 is 1. The van der Waals surface area contributed by atoms with Crippen molar-refractivity contribution >= 4 is 40.6 Å². The number of ether oxygens (including phenoxy) is 2. The summed E-state index contributed by atoms with van der Waals surface area (Å²) in [4.78, 5) is 22.7. The van der Waals surface area contributed by atoms with Crippen LogP contribution in [0.1, 0.15) is 5.82 Å². The van der Waals surface area contributed by atoms with Crippen LogP contribution in [-0.4, -0.2) is 38.5 Å². The number of halogens is 1. The molecule has 172 valence electrons. The van der Waals surface area contributed by atoms with Gasteiger partial charge in [0.2, 0.25) is 5.91 Å². The molecule has 0 unspecified atom stereocenters. The lowest BCUT2D eigenvalue weighted by molar-refractivity contribution is -0.384. The molecule has 10 nitrogen and oxygen atoms in total. The Morgan fingerprint density at radius 3 is 2.67 bits per heavy atom. The third-order valence-electron chi connectivity index (χ3n) is 4.29. The Hall–Kier alpha value is -3.57. The maximum absolute atomic E-state index is 12.3. The van der Waals surface area contributed by atoms with Crippen molar-refractivity contribution in [2.45, 2.75) is 18.3 Å². The molecule has 1 aromatic heterocycles. The van der Waals surface area contributed by atoms with Gasteiger partial charge in [-0.05, 0) is 36.4 Å². The van der Waals surface area contributed by atoms with Crippen molar-refractivity contribution in [1.82, 2.24) is 14.8 Å². The number of rotatable bonds is 11. The minimum absolute atomic E-state index is 0.00529. The standard InChI is InChI=1S/C21H20ClN5O5S/c1-3-10-26-19(12-32-16-7-5-15(31-2)6-8-16)24-25-21(26)33-13-20(28)23-14-4-9-17(22)18(11-14)27(29)30/h3-9,11H,1,10,12-13H2,2H3,(H,23,28). The molecule has 12 heteroatoms. The first-order valence-corrected chi connectivity index (χ1v) is 10.9. The molecule has 0 aliphatic heterocycles. The second-order valence-corrected chi connectivity index (χ2v) is 7.87. The number of amides is 1. The number of carbonyl (C=O) groups is 1. The number of aromatic nitrogens is 3. The van der Waals surface area contributed by atoms with Gasteiger partial charge < -0.3 is 14.8 Å². The van der Waals surface area contributed by atoms with Crippen LogP contribution in [-0.2, 0) is 17.9 Å². The summed E-state index contributed by atoms with van der Waals surface area (Å²) >= 11 is 6.97. The average Bonchev–Trinajstić information content (AvgIpc) is 3.19. The summed E-state index contributed by atoms with van der Waals surface area (Å²) in [6.07, 6.45) is 1.69. The molecular weight excluding hydrogens is 470 g/mol. The third-order valence-corrected chi connectivity index (χ3v) is 5.58. The quantitative estimate of drug-likeness (QED) is 0.183. The highest BCUT2D eigenvalue weighted by molar-refractivity contribution is 7.99. The SMILES string of the molecule is C=CCn1c(COc2ccc(OC)cc2)nnc1SCC(=O)Nc1ccc(Cl)c([N+](=O)[O-])c1. The molecule has 0 atom stereocenters. The van der Waals surface area contributed by atoms with Crippen molar-refractivity contribution < 1.29 is 19.2 Å². The molecule has 0 aliphatic carbocycles.